The summed E-state index contributed by atoms with van der Waals surface area (Å²) in [4.78, 5) is 26.7. The molecule has 1 unspecified atom stereocenters. The van der Waals surface area contributed by atoms with Gasteiger partial charge in [-0.2, -0.15) is 5.26 Å². The maximum atomic E-state index is 12.6. The van der Waals surface area contributed by atoms with Crippen molar-refractivity contribution < 1.29 is 18.8 Å². The van der Waals surface area contributed by atoms with Gasteiger partial charge in [0.1, 0.15) is 11.5 Å². The van der Waals surface area contributed by atoms with E-state index in [2.05, 4.69) is 10.5 Å². The van der Waals surface area contributed by atoms with Crippen LogP contribution in [0.25, 0.3) is 0 Å². The monoisotopic (exact) mass is 382 g/mol. The van der Waals surface area contributed by atoms with Crippen molar-refractivity contribution in [3.8, 4) is 11.8 Å². The smallest absolute Gasteiger partial charge is 0.263 e. The molecule has 1 N–H and O–H groups in total. The Labute approximate surface area is 163 Å². The number of carbonyl (C=O) groups is 2. The first-order valence-corrected chi connectivity index (χ1v) is 9.16. The highest BCUT2D eigenvalue weighted by Gasteiger charge is 2.30. The van der Waals surface area contributed by atoms with Crippen LogP contribution < -0.4 is 10.1 Å². The summed E-state index contributed by atoms with van der Waals surface area (Å²) in [6, 6.07) is 10.3. The molecule has 1 aliphatic rings. The fourth-order valence-electron chi connectivity index (χ4n) is 3.14. The molecule has 2 amide bonds. The number of carbonyl (C=O) groups excluding carboxylic acids is 2. The molecular formula is C20H22N4O4. The molecular weight excluding hydrogens is 360 g/mol. The Morgan fingerprint density at radius 3 is 2.57 bits per heavy atom. The van der Waals surface area contributed by atoms with Gasteiger partial charge in [0.05, 0.1) is 11.6 Å². The highest BCUT2D eigenvalue weighted by molar-refractivity contribution is 5.92. The summed E-state index contributed by atoms with van der Waals surface area (Å²) in [5.74, 6) is 1.18. The van der Waals surface area contributed by atoms with E-state index in [1.165, 1.54) is 0 Å². The van der Waals surface area contributed by atoms with Crippen LogP contribution in [0.2, 0.25) is 0 Å². The van der Waals surface area contributed by atoms with Crippen molar-refractivity contribution in [2.75, 3.05) is 18.4 Å². The van der Waals surface area contributed by atoms with Crippen LogP contribution in [0.1, 0.15) is 31.1 Å². The number of hydrogen-bond donors (Lipinski definition) is 1. The summed E-state index contributed by atoms with van der Waals surface area (Å²) < 4.78 is 10.6. The minimum atomic E-state index is -0.642. The van der Waals surface area contributed by atoms with Gasteiger partial charge in [0, 0.05) is 25.1 Å². The number of amides is 2. The topological polar surface area (TPSA) is 108 Å². The molecule has 1 aromatic carbocycles. The second-order valence-electron chi connectivity index (χ2n) is 6.81. The normalized spacial score (nSPS) is 15.5. The Morgan fingerprint density at radius 2 is 2.00 bits per heavy atom. The molecule has 2 aromatic rings. The summed E-state index contributed by atoms with van der Waals surface area (Å²) in [6.45, 7) is 4.45. The number of aryl methyl sites for hydroxylation is 1. The SMILES string of the molecule is Cc1cc(NC(=O)C2CCN(C(=O)C(C)Oc3ccc(C#N)cc3)CC2)no1. The van der Waals surface area contributed by atoms with Crippen molar-refractivity contribution in [1.82, 2.24) is 10.1 Å². The maximum Gasteiger partial charge on any atom is 0.263 e. The molecule has 146 valence electrons. The van der Waals surface area contributed by atoms with Gasteiger partial charge in [-0.1, -0.05) is 5.16 Å². The minimum Gasteiger partial charge on any atom is -0.481 e. The van der Waals surface area contributed by atoms with Crippen LogP contribution in [-0.2, 0) is 9.59 Å². The molecule has 1 aromatic heterocycles. The molecule has 1 atom stereocenters. The van der Waals surface area contributed by atoms with Crippen LogP contribution in [-0.4, -0.2) is 41.1 Å². The average Bonchev–Trinajstić information content (AvgIpc) is 3.12. The van der Waals surface area contributed by atoms with E-state index in [9.17, 15) is 9.59 Å². The zero-order valence-electron chi connectivity index (χ0n) is 15.8. The van der Waals surface area contributed by atoms with E-state index in [0.29, 0.717) is 48.8 Å². The Hall–Kier alpha value is -3.34. The number of rotatable bonds is 5. The van der Waals surface area contributed by atoms with E-state index in [1.807, 2.05) is 6.07 Å². The van der Waals surface area contributed by atoms with Crippen LogP contribution in [0, 0.1) is 24.2 Å². The molecule has 1 saturated heterocycles. The van der Waals surface area contributed by atoms with Gasteiger partial charge in [0.2, 0.25) is 5.91 Å². The third-order valence-electron chi connectivity index (χ3n) is 4.70. The predicted octanol–water partition coefficient (Wildman–Crippen LogP) is 2.50. The highest BCUT2D eigenvalue weighted by atomic mass is 16.5. The summed E-state index contributed by atoms with van der Waals surface area (Å²) in [7, 11) is 0. The molecule has 0 bridgehead atoms. The Balaban J connectivity index is 1.48. The Morgan fingerprint density at radius 1 is 1.32 bits per heavy atom. The molecule has 8 heteroatoms. The standard InChI is InChI=1S/C20H22N4O4/c1-13-11-18(23-28-13)22-19(25)16-7-9-24(10-8-16)20(26)14(2)27-17-5-3-15(12-21)4-6-17/h3-6,11,14,16H,7-10H2,1-2H3,(H,22,23,25). The number of anilines is 1. The van der Waals surface area contributed by atoms with E-state index in [4.69, 9.17) is 14.5 Å². The minimum absolute atomic E-state index is 0.109. The lowest BCUT2D eigenvalue weighted by Crippen LogP contribution is -2.46. The number of nitrogens with zero attached hydrogens (tertiary/aromatic N) is 3. The van der Waals surface area contributed by atoms with Crippen LogP contribution in [0.15, 0.2) is 34.9 Å². The summed E-state index contributed by atoms with van der Waals surface area (Å²) in [6.07, 6.45) is 0.520. The first kappa shape index (κ1) is 19.4. The van der Waals surface area contributed by atoms with Gasteiger partial charge in [0.15, 0.2) is 11.9 Å². The van der Waals surface area contributed by atoms with Crippen LogP contribution in [0.5, 0.6) is 5.75 Å². The van der Waals surface area contributed by atoms with E-state index in [-0.39, 0.29) is 17.7 Å². The molecule has 28 heavy (non-hydrogen) atoms. The van der Waals surface area contributed by atoms with Gasteiger partial charge in [-0.3, -0.25) is 9.59 Å². The number of ether oxygens (including phenoxy) is 1. The third-order valence-corrected chi connectivity index (χ3v) is 4.70. The van der Waals surface area contributed by atoms with Crippen molar-refractivity contribution in [3.63, 3.8) is 0 Å². The van der Waals surface area contributed by atoms with Crippen molar-refractivity contribution in [2.24, 2.45) is 5.92 Å². The fraction of sp³-hybridized carbons (Fsp3) is 0.400. The van der Waals surface area contributed by atoms with Gasteiger partial charge in [-0.25, -0.2) is 0 Å². The number of piperidine rings is 1. The van der Waals surface area contributed by atoms with Crippen LogP contribution >= 0.6 is 0 Å². The lowest BCUT2D eigenvalue weighted by atomic mass is 9.95. The molecule has 2 heterocycles. The largest absolute Gasteiger partial charge is 0.481 e. The number of nitrogens with one attached hydrogen (secondary N) is 1. The fourth-order valence-corrected chi connectivity index (χ4v) is 3.14. The molecule has 1 fully saturated rings. The lowest BCUT2D eigenvalue weighted by Gasteiger charge is -2.32. The number of likely N-dealkylation sites (tertiary alicyclic amines) is 1. The molecule has 1 aliphatic heterocycles. The second kappa shape index (κ2) is 8.57. The van der Waals surface area contributed by atoms with Crippen LogP contribution in [0.3, 0.4) is 0 Å². The van der Waals surface area contributed by atoms with E-state index in [0.717, 1.165) is 0 Å². The third kappa shape index (κ3) is 4.68. The first-order chi connectivity index (χ1) is 13.5. The second-order valence-corrected chi connectivity index (χ2v) is 6.81. The zero-order valence-corrected chi connectivity index (χ0v) is 15.8. The predicted molar refractivity (Wildman–Crippen MR) is 100 cm³/mol. The van der Waals surface area contributed by atoms with Gasteiger partial charge in [-0.15, -0.1) is 0 Å². The molecule has 0 saturated carbocycles. The molecule has 0 radical (unpaired) electrons. The van der Waals surface area contributed by atoms with Crippen molar-refractivity contribution in [1.29, 1.82) is 5.26 Å². The quantitative estimate of drug-likeness (QED) is 0.851. The van der Waals surface area contributed by atoms with Gasteiger partial charge >= 0.3 is 0 Å². The summed E-state index contributed by atoms with van der Waals surface area (Å²) in [5.41, 5.74) is 0.535. The molecule has 0 spiro atoms. The number of benzene rings is 1. The van der Waals surface area contributed by atoms with Gasteiger partial charge in [0.25, 0.3) is 5.91 Å². The number of hydrogen-bond acceptors (Lipinski definition) is 6. The van der Waals surface area contributed by atoms with E-state index >= 15 is 0 Å². The van der Waals surface area contributed by atoms with Crippen molar-refractivity contribution in [2.45, 2.75) is 32.8 Å². The average molecular weight is 382 g/mol. The Bertz CT molecular complexity index is 876. The maximum absolute atomic E-state index is 12.6. The van der Waals surface area contributed by atoms with E-state index < -0.39 is 6.10 Å². The van der Waals surface area contributed by atoms with Gasteiger partial charge < -0.3 is 19.5 Å². The summed E-state index contributed by atoms with van der Waals surface area (Å²) >= 11 is 0. The van der Waals surface area contributed by atoms with E-state index in [1.54, 1.807) is 49.1 Å². The Kier molecular flexibility index (Phi) is 5.94. The van der Waals surface area contributed by atoms with Crippen molar-refractivity contribution in [3.05, 3.63) is 41.7 Å². The number of aromatic nitrogens is 1. The zero-order chi connectivity index (χ0) is 20.1. The molecule has 0 aliphatic carbocycles. The summed E-state index contributed by atoms with van der Waals surface area (Å²) in [5, 5.41) is 15.3. The molecule has 3 rings (SSSR count). The van der Waals surface area contributed by atoms with Crippen molar-refractivity contribution >= 4 is 17.6 Å². The first-order valence-electron chi connectivity index (χ1n) is 9.16. The van der Waals surface area contributed by atoms with Crippen LogP contribution in [0.4, 0.5) is 5.82 Å². The molecule has 8 nitrogen and oxygen atoms in total. The lowest BCUT2D eigenvalue weighted by molar-refractivity contribution is -0.140. The number of nitriles is 1. The van der Waals surface area contributed by atoms with Gasteiger partial charge in [-0.05, 0) is 51.0 Å². The highest BCUT2D eigenvalue weighted by Crippen LogP contribution is 2.21.